The molecule has 0 unspecified atom stereocenters. The smallest absolute Gasteiger partial charge is 0.330 e. The van der Waals surface area contributed by atoms with Crippen molar-refractivity contribution >= 4 is 29.1 Å². The molecule has 0 saturated carbocycles. The summed E-state index contributed by atoms with van der Waals surface area (Å²) in [6, 6.07) is 32.0. The molecule has 0 bridgehead atoms. The minimum absolute atomic E-state index is 0.271. The Bertz CT molecular complexity index is 822. The van der Waals surface area contributed by atoms with Gasteiger partial charge in [-0.15, -0.1) is 0 Å². The second kappa shape index (κ2) is 9.48. The first kappa shape index (κ1) is 20.0. The Morgan fingerprint density at radius 2 is 1.18 bits per heavy atom. The van der Waals surface area contributed by atoms with E-state index in [4.69, 9.17) is 4.74 Å². The summed E-state index contributed by atoms with van der Waals surface area (Å²) in [6.45, 7) is 4.25. The van der Waals surface area contributed by atoms with Crippen LogP contribution >= 0.6 is 7.26 Å². The molecule has 0 spiro atoms. The van der Waals surface area contributed by atoms with E-state index in [2.05, 4.69) is 91.0 Å². The summed E-state index contributed by atoms with van der Waals surface area (Å²) in [6.07, 6.45) is 2.44. The summed E-state index contributed by atoms with van der Waals surface area (Å²) < 4.78 is 5.14. The third-order valence-electron chi connectivity index (χ3n) is 4.73. The largest absolute Gasteiger partial charge is 0.463 e. The zero-order valence-corrected chi connectivity index (χ0v) is 17.3. The van der Waals surface area contributed by atoms with Gasteiger partial charge in [0.1, 0.15) is 23.2 Å². The van der Waals surface area contributed by atoms with Crippen molar-refractivity contribution in [3.63, 3.8) is 0 Å². The molecule has 0 heterocycles. The number of esters is 1. The topological polar surface area (TPSA) is 26.3 Å². The fourth-order valence-corrected chi connectivity index (χ4v) is 7.90. The van der Waals surface area contributed by atoms with Crippen LogP contribution in [-0.2, 0) is 9.53 Å². The molecule has 0 aliphatic heterocycles. The molecule has 0 atom stereocenters. The van der Waals surface area contributed by atoms with Crippen LogP contribution in [0.1, 0.15) is 13.8 Å². The third kappa shape index (κ3) is 4.40. The standard InChI is InChI=1S/C25H26O2P/c1-3-27-25(26)19-21(2)20-28(22-13-7-4-8-14-22,23-15-9-5-10-16-23)24-17-11-6-12-18-24/h4-19H,3,20H2,1-2H3/q+1/b21-19-. The van der Waals surface area contributed by atoms with Gasteiger partial charge in [0, 0.05) is 6.08 Å². The normalized spacial score (nSPS) is 11.9. The van der Waals surface area contributed by atoms with Crippen molar-refractivity contribution in [1.82, 2.24) is 0 Å². The van der Waals surface area contributed by atoms with Crippen LogP contribution in [-0.4, -0.2) is 18.7 Å². The van der Waals surface area contributed by atoms with Crippen LogP contribution in [0.5, 0.6) is 0 Å². The molecule has 0 aliphatic carbocycles. The van der Waals surface area contributed by atoms with Crippen molar-refractivity contribution in [2.24, 2.45) is 0 Å². The van der Waals surface area contributed by atoms with Crippen LogP contribution in [0.4, 0.5) is 0 Å². The van der Waals surface area contributed by atoms with Crippen LogP contribution in [0.2, 0.25) is 0 Å². The minimum Gasteiger partial charge on any atom is -0.463 e. The highest BCUT2D eigenvalue weighted by Crippen LogP contribution is 2.56. The Balaban J connectivity index is 2.21. The Kier molecular flexibility index (Phi) is 6.79. The predicted molar refractivity (Wildman–Crippen MR) is 120 cm³/mol. The molecule has 142 valence electrons. The van der Waals surface area contributed by atoms with E-state index in [1.165, 1.54) is 15.9 Å². The fourth-order valence-electron chi connectivity index (χ4n) is 3.57. The summed E-state index contributed by atoms with van der Waals surface area (Å²) in [5, 5.41) is 3.93. The lowest BCUT2D eigenvalue weighted by atomic mass is 10.3. The Labute approximate surface area is 168 Å². The second-order valence-corrected chi connectivity index (χ2v) is 10.2. The first-order valence-electron chi connectivity index (χ1n) is 9.55. The Morgan fingerprint density at radius 3 is 1.54 bits per heavy atom. The third-order valence-corrected chi connectivity index (χ3v) is 9.24. The summed E-state index contributed by atoms with van der Waals surface area (Å²) in [5.41, 5.74) is 1.03. The monoisotopic (exact) mass is 389 g/mol. The maximum Gasteiger partial charge on any atom is 0.330 e. The maximum atomic E-state index is 12.1. The van der Waals surface area contributed by atoms with E-state index in [0.717, 1.165) is 11.7 Å². The van der Waals surface area contributed by atoms with E-state index in [-0.39, 0.29) is 5.97 Å². The van der Waals surface area contributed by atoms with Crippen molar-refractivity contribution in [3.05, 3.63) is 103 Å². The van der Waals surface area contributed by atoms with Gasteiger partial charge in [-0.3, -0.25) is 0 Å². The summed E-state index contributed by atoms with van der Waals surface area (Å²) in [7, 11) is -1.96. The van der Waals surface area contributed by atoms with Gasteiger partial charge in [0.25, 0.3) is 0 Å². The van der Waals surface area contributed by atoms with Crippen LogP contribution < -0.4 is 15.9 Å². The first-order valence-corrected chi connectivity index (χ1v) is 11.5. The van der Waals surface area contributed by atoms with Gasteiger partial charge >= 0.3 is 5.97 Å². The minimum atomic E-state index is -1.96. The van der Waals surface area contributed by atoms with E-state index in [1.807, 2.05) is 13.8 Å². The molecule has 0 aliphatic rings. The highest BCUT2D eigenvalue weighted by molar-refractivity contribution is 7.95. The average Bonchev–Trinajstić information content (AvgIpc) is 2.74. The molecule has 3 aromatic carbocycles. The number of carbonyl (C=O) groups excluding carboxylic acids is 1. The summed E-state index contributed by atoms with van der Waals surface area (Å²) >= 11 is 0. The van der Waals surface area contributed by atoms with Crippen molar-refractivity contribution in [2.75, 3.05) is 12.8 Å². The van der Waals surface area contributed by atoms with Gasteiger partial charge in [-0.25, -0.2) is 4.79 Å². The Hall–Kier alpha value is -2.70. The maximum absolute atomic E-state index is 12.1. The molecular weight excluding hydrogens is 363 g/mol. The van der Waals surface area contributed by atoms with Crippen LogP contribution in [0, 0.1) is 0 Å². The van der Waals surface area contributed by atoms with Crippen molar-refractivity contribution in [1.29, 1.82) is 0 Å². The van der Waals surface area contributed by atoms with E-state index < -0.39 is 7.26 Å². The van der Waals surface area contributed by atoms with Gasteiger partial charge in [0.2, 0.25) is 0 Å². The number of benzene rings is 3. The molecule has 0 aromatic heterocycles. The quantitative estimate of drug-likeness (QED) is 0.338. The number of hydrogen-bond donors (Lipinski definition) is 0. The lowest BCUT2D eigenvalue weighted by Crippen LogP contribution is -2.33. The summed E-state index contributed by atoms with van der Waals surface area (Å²) in [4.78, 5) is 12.1. The summed E-state index contributed by atoms with van der Waals surface area (Å²) in [5.74, 6) is -0.271. The van der Waals surface area contributed by atoms with Crippen LogP contribution in [0.15, 0.2) is 103 Å². The van der Waals surface area contributed by atoms with Gasteiger partial charge in [0.05, 0.1) is 12.8 Å². The molecule has 0 fully saturated rings. The van der Waals surface area contributed by atoms with Crippen molar-refractivity contribution in [2.45, 2.75) is 13.8 Å². The van der Waals surface area contributed by atoms with Gasteiger partial charge < -0.3 is 4.74 Å². The van der Waals surface area contributed by atoms with Gasteiger partial charge in [-0.1, -0.05) is 54.6 Å². The molecule has 3 heteroatoms. The molecular formula is C25H26O2P+. The molecule has 3 rings (SSSR count). The van der Waals surface area contributed by atoms with Crippen molar-refractivity contribution in [3.8, 4) is 0 Å². The van der Waals surface area contributed by atoms with Crippen LogP contribution in [0.25, 0.3) is 0 Å². The molecule has 0 saturated heterocycles. The van der Waals surface area contributed by atoms with E-state index >= 15 is 0 Å². The lowest BCUT2D eigenvalue weighted by molar-refractivity contribution is -0.137. The molecule has 28 heavy (non-hydrogen) atoms. The van der Waals surface area contributed by atoms with Gasteiger partial charge in [-0.2, -0.15) is 0 Å². The lowest BCUT2D eigenvalue weighted by Gasteiger charge is -2.28. The van der Waals surface area contributed by atoms with E-state index in [1.54, 1.807) is 6.08 Å². The second-order valence-electron chi connectivity index (χ2n) is 6.72. The Morgan fingerprint density at radius 1 is 0.786 bits per heavy atom. The average molecular weight is 389 g/mol. The molecule has 2 nitrogen and oxygen atoms in total. The molecule has 3 aromatic rings. The molecule has 0 amide bonds. The highest BCUT2D eigenvalue weighted by atomic mass is 31.2. The predicted octanol–water partition coefficient (Wildman–Crippen LogP) is 4.49. The zero-order chi connectivity index (χ0) is 19.8. The van der Waals surface area contributed by atoms with Gasteiger partial charge in [0.15, 0.2) is 0 Å². The number of rotatable bonds is 7. The molecule has 0 N–H and O–H groups in total. The van der Waals surface area contributed by atoms with E-state index in [0.29, 0.717) is 6.61 Å². The number of hydrogen-bond acceptors (Lipinski definition) is 2. The van der Waals surface area contributed by atoms with Gasteiger partial charge in [-0.05, 0) is 55.8 Å². The molecule has 0 radical (unpaired) electrons. The number of ether oxygens (including phenoxy) is 1. The van der Waals surface area contributed by atoms with Crippen LogP contribution in [0.3, 0.4) is 0 Å². The number of carbonyl (C=O) groups is 1. The fraction of sp³-hybridized carbons (Fsp3) is 0.160. The first-order chi connectivity index (χ1) is 13.7. The SMILES string of the molecule is CCOC(=O)/C=C(/C)C[P+](c1ccccc1)(c1ccccc1)c1ccccc1. The highest BCUT2D eigenvalue weighted by Gasteiger charge is 2.45. The van der Waals surface area contributed by atoms with E-state index in [9.17, 15) is 4.79 Å². The zero-order valence-electron chi connectivity index (χ0n) is 16.4. The van der Waals surface area contributed by atoms with Crippen molar-refractivity contribution < 1.29 is 9.53 Å². The number of allylic oxidation sites excluding steroid dienone is 1.